The van der Waals surface area contributed by atoms with Crippen LogP contribution in [0.15, 0.2) is 0 Å². The van der Waals surface area contributed by atoms with Crippen LogP contribution in [0.2, 0.25) is 0 Å². The molecule has 0 aromatic carbocycles. The van der Waals surface area contributed by atoms with E-state index in [-0.39, 0.29) is 24.3 Å². The molecule has 0 unspecified atom stereocenters. The van der Waals surface area contributed by atoms with Gasteiger partial charge in [0.2, 0.25) is 10.0 Å². The molecule has 0 bridgehead atoms. The number of aliphatic hydroxyl groups excluding tert-OH is 1. The Bertz CT molecular complexity index is 421. The van der Waals surface area contributed by atoms with Crippen LogP contribution in [0.1, 0.15) is 12.8 Å². The lowest BCUT2D eigenvalue weighted by molar-refractivity contribution is 0.0453. The van der Waals surface area contributed by atoms with Crippen molar-refractivity contribution in [3.63, 3.8) is 0 Å². The van der Waals surface area contributed by atoms with Crippen molar-refractivity contribution in [3.05, 3.63) is 0 Å². The molecule has 1 aliphatic rings. The second kappa shape index (κ2) is 4.99. The van der Waals surface area contributed by atoms with Gasteiger partial charge < -0.3 is 5.11 Å². The lowest BCUT2D eigenvalue weighted by Gasteiger charge is -2.31. The highest BCUT2D eigenvalue weighted by molar-refractivity contribution is 7.93. The first-order valence-electron chi connectivity index (χ1n) is 5.01. The predicted molar refractivity (Wildman–Crippen MR) is 60.2 cm³/mol. The van der Waals surface area contributed by atoms with E-state index in [1.54, 1.807) is 0 Å². The molecular formula is C8H17NO5S2. The fraction of sp³-hybridized carbons (Fsp3) is 1.00. The summed E-state index contributed by atoms with van der Waals surface area (Å²) in [5.74, 6) is -0.598. The normalized spacial score (nSPS) is 26.4. The molecule has 1 fully saturated rings. The summed E-state index contributed by atoms with van der Waals surface area (Å²) in [5.41, 5.74) is 0. The summed E-state index contributed by atoms with van der Waals surface area (Å²) in [7, 11) is -6.77. The standard InChI is InChI=1S/C8H17NO5S2/c1-15(11,12)2-3-16(13,14)9-6-7-4-8(10)5-7/h7-10H,2-6H2,1H3. The molecule has 0 spiro atoms. The summed E-state index contributed by atoms with van der Waals surface area (Å²) < 4.78 is 46.7. The lowest BCUT2D eigenvalue weighted by atomic mass is 9.83. The Morgan fingerprint density at radius 1 is 1.19 bits per heavy atom. The maximum Gasteiger partial charge on any atom is 0.212 e. The number of hydrogen-bond donors (Lipinski definition) is 2. The van der Waals surface area contributed by atoms with Crippen molar-refractivity contribution in [3.8, 4) is 0 Å². The van der Waals surface area contributed by atoms with Gasteiger partial charge in [0, 0.05) is 12.8 Å². The SMILES string of the molecule is CS(=O)(=O)CCS(=O)(=O)NCC1CC(O)C1. The van der Waals surface area contributed by atoms with Gasteiger partial charge in [0.15, 0.2) is 0 Å². The molecular weight excluding hydrogens is 254 g/mol. The summed E-state index contributed by atoms with van der Waals surface area (Å²) in [4.78, 5) is 0. The van der Waals surface area contributed by atoms with E-state index in [0.29, 0.717) is 12.8 Å². The molecule has 1 saturated carbocycles. The van der Waals surface area contributed by atoms with Gasteiger partial charge in [0.05, 0.1) is 17.6 Å². The van der Waals surface area contributed by atoms with E-state index in [2.05, 4.69) is 4.72 Å². The first-order chi connectivity index (χ1) is 7.18. The van der Waals surface area contributed by atoms with E-state index in [1.165, 1.54) is 0 Å². The fourth-order valence-corrected chi connectivity index (χ4v) is 4.17. The number of sulfonamides is 1. The number of aliphatic hydroxyl groups is 1. The van der Waals surface area contributed by atoms with Gasteiger partial charge >= 0.3 is 0 Å². The van der Waals surface area contributed by atoms with E-state index in [1.807, 2.05) is 0 Å². The first kappa shape index (κ1) is 13.9. The molecule has 96 valence electrons. The molecule has 2 N–H and O–H groups in total. The average molecular weight is 271 g/mol. The van der Waals surface area contributed by atoms with Crippen LogP contribution < -0.4 is 4.72 Å². The summed E-state index contributed by atoms with van der Waals surface area (Å²) in [6.07, 6.45) is 1.90. The molecule has 0 aliphatic heterocycles. The smallest absolute Gasteiger partial charge is 0.212 e. The van der Waals surface area contributed by atoms with Crippen molar-refractivity contribution in [2.75, 3.05) is 24.3 Å². The van der Waals surface area contributed by atoms with Gasteiger partial charge in [-0.25, -0.2) is 21.6 Å². The minimum Gasteiger partial charge on any atom is -0.393 e. The Morgan fingerprint density at radius 3 is 2.19 bits per heavy atom. The molecule has 0 amide bonds. The van der Waals surface area contributed by atoms with Crippen LogP contribution in [0.3, 0.4) is 0 Å². The van der Waals surface area contributed by atoms with Crippen LogP contribution in [-0.4, -0.2) is 52.4 Å². The fourth-order valence-electron chi connectivity index (χ4n) is 1.45. The highest BCUT2D eigenvalue weighted by atomic mass is 32.2. The highest BCUT2D eigenvalue weighted by Crippen LogP contribution is 2.26. The predicted octanol–water partition coefficient (Wildman–Crippen LogP) is -1.28. The van der Waals surface area contributed by atoms with E-state index in [9.17, 15) is 16.8 Å². The van der Waals surface area contributed by atoms with Crippen molar-refractivity contribution in [2.24, 2.45) is 5.92 Å². The van der Waals surface area contributed by atoms with Crippen LogP contribution in [-0.2, 0) is 19.9 Å². The van der Waals surface area contributed by atoms with Crippen molar-refractivity contribution < 1.29 is 21.9 Å². The Balaban J connectivity index is 2.29. The summed E-state index contributed by atoms with van der Waals surface area (Å²) >= 11 is 0. The summed E-state index contributed by atoms with van der Waals surface area (Å²) in [6, 6.07) is 0. The van der Waals surface area contributed by atoms with Gasteiger partial charge in [-0.1, -0.05) is 0 Å². The topological polar surface area (TPSA) is 101 Å². The van der Waals surface area contributed by atoms with E-state index < -0.39 is 25.6 Å². The van der Waals surface area contributed by atoms with Gasteiger partial charge in [-0.05, 0) is 18.8 Å². The molecule has 8 heteroatoms. The maximum atomic E-state index is 11.4. The lowest BCUT2D eigenvalue weighted by Crippen LogP contribution is -2.39. The zero-order chi connectivity index (χ0) is 12.4. The monoisotopic (exact) mass is 271 g/mol. The third-order valence-electron chi connectivity index (χ3n) is 2.53. The average Bonchev–Trinajstić information content (AvgIpc) is 2.07. The van der Waals surface area contributed by atoms with Crippen molar-refractivity contribution in [1.82, 2.24) is 4.72 Å². The largest absolute Gasteiger partial charge is 0.393 e. The number of nitrogens with one attached hydrogen (secondary N) is 1. The molecule has 1 aliphatic carbocycles. The third-order valence-corrected chi connectivity index (χ3v) is 5.08. The second-order valence-corrected chi connectivity index (χ2v) is 8.47. The maximum absolute atomic E-state index is 11.4. The van der Waals surface area contributed by atoms with Gasteiger partial charge in [0.25, 0.3) is 0 Å². The van der Waals surface area contributed by atoms with E-state index in [4.69, 9.17) is 5.11 Å². The number of sulfone groups is 1. The zero-order valence-electron chi connectivity index (χ0n) is 9.09. The summed E-state index contributed by atoms with van der Waals surface area (Å²) in [6.45, 7) is 0.281. The van der Waals surface area contributed by atoms with Crippen molar-refractivity contribution >= 4 is 19.9 Å². The Morgan fingerprint density at radius 2 is 1.75 bits per heavy atom. The Labute approximate surface area is 96.0 Å². The molecule has 0 aromatic rings. The molecule has 1 rings (SSSR count). The van der Waals surface area contributed by atoms with Crippen LogP contribution in [0.4, 0.5) is 0 Å². The van der Waals surface area contributed by atoms with Gasteiger partial charge in [-0.15, -0.1) is 0 Å². The molecule has 0 heterocycles. The molecule has 0 saturated heterocycles. The number of hydrogen-bond acceptors (Lipinski definition) is 5. The van der Waals surface area contributed by atoms with Crippen molar-refractivity contribution in [2.45, 2.75) is 18.9 Å². The zero-order valence-corrected chi connectivity index (χ0v) is 10.7. The van der Waals surface area contributed by atoms with Crippen LogP contribution in [0, 0.1) is 5.92 Å². The third kappa shape index (κ3) is 5.24. The number of rotatable bonds is 6. The van der Waals surface area contributed by atoms with Gasteiger partial charge in [-0.2, -0.15) is 0 Å². The highest BCUT2D eigenvalue weighted by Gasteiger charge is 2.28. The minimum absolute atomic E-state index is 0.169. The molecule has 16 heavy (non-hydrogen) atoms. The van der Waals surface area contributed by atoms with Gasteiger partial charge in [0.1, 0.15) is 9.84 Å². The Kier molecular flexibility index (Phi) is 4.33. The molecule has 0 aromatic heterocycles. The van der Waals surface area contributed by atoms with E-state index in [0.717, 1.165) is 6.26 Å². The van der Waals surface area contributed by atoms with Crippen LogP contribution in [0.25, 0.3) is 0 Å². The van der Waals surface area contributed by atoms with Crippen LogP contribution in [0.5, 0.6) is 0 Å². The Hall–Kier alpha value is -0.180. The molecule has 0 atom stereocenters. The van der Waals surface area contributed by atoms with Crippen LogP contribution >= 0.6 is 0 Å². The van der Waals surface area contributed by atoms with Gasteiger partial charge in [-0.3, -0.25) is 0 Å². The summed E-state index contributed by atoms with van der Waals surface area (Å²) in [5, 5.41) is 9.00. The first-order valence-corrected chi connectivity index (χ1v) is 8.72. The molecule has 6 nitrogen and oxygen atoms in total. The van der Waals surface area contributed by atoms with Crippen molar-refractivity contribution in [1.29, 1.82) is 0 Å². The quantitative estimate of drug-likeness (QED) is 0.627. The van der Waals surface area contributed by atoms with E-state index >= 15 is 0 Å². The minimum atomic E-state index is -3.51. The second-order valence-electron chi connectivity index (χ2n) is 4.29. The molecule has 0 radical (unpaired) electrons.